The molecule has 21 heavy (non-hydrogen) atoms. The molecular weight excluding hydrogens is 292 g/mol. The predicted octanol–water partition coefficient (Wildman–Crippen LogP) is 3.75. The second-order valence-corrected chi connectivity index (χ2v) is 4.69. The fourth-order valence-electron chi connectivity index (χ4n) is 1.81. The van der Waals surface area contributed by atoms with Crippen molar-refractivity contribution in [3.05, 3.63) is 52.5 Å². The topological polar surface area (TPSA) is 44.8 Å². The molecule has 0 aliphatic carbocycles. The van der Waals surface area contributed by atoms with E-state index in [1.54, 1.807) is 13.2 Å². The Morgan fingerprint density at radius 3 is 2.33 bits per heavy atom. The fourth-order valence-corrected chi connectivity index (χ4v) is 2.06. The van der Waals surface area contributed by atoms with Gasteiger partial charge in [-0.3, -0.25) is 4.79 Å². The molecule has 0 heterocycles. The lowest BCUT2D eigenvalue weighted by Gasteiger charge is -2.11. The molecule has 2 aromatic rings. The minimum absolute atomic E-state index is 0.329. The highest BCUT2D eigenvalue weighted by Gasteiger charge is 2.10. The van der Waals surface area contributed by atoms with Gasteiger partial charge in [-0.05, 0) is 23.8 Å². The lowest BCUT2D eigenvalue weighted by Crippen LogP contribution is -1.99. The third kappa shape index (κ3) is 3.67. The van der Waals surface area contributed by atoms with Gasteiger partial charge in [0.05, 0.1) is 24.8 Å². The number of carbonyl (C=O) groups is 1. The van der Waals surface area contributed by atoms with Crippen LogP contribution in [0, 0.1) is 0 Å². The summed E-state index contributed by atoms with van der Waals surface area (Å²) in [6, 6.07) is 10.6. The second kappa shape index (κ2) is 6.99. The molecule has 0 bridgehead atoms. The summed E-state index contributed by atoms with van der Waals surface area (Å²) in [7, 11) is 3.12. The number of ether oxygens (including phenoxy) is 3. The number of carbonyl (C=O) groups excluding carboxylic acids is 1. The molecule has 0 saturated carbocycles. The average Bonchev–Trinajstić information content (AvgIpc) is 2.53. The van der Waals surface area contributed by atoms with Crippen LogP contribution < -0.4 is 14.2 Å². The predicted molar refractivity (Wildman–Crippen MR) is 80.7 cm³/mol. The van der Waals surface area contributed by atoms with Crippen molar-refractivity contribution < 1.29 is 19.0 Å². The molecule has 0 N–H and O–H groups in total. The van der Waals surface area contributed by atoms with Crippen LogP contribution in [0.25, 0.3) is 0 Å². The van der Waals surface area contributed by atoms with Gasteiger partial charge >= 0.3 is 0 Å². The van der Waals surface area contributed by atoms with Gasteiger partial charge in [0.1, 0.15) is 23.9 Å². The highest BCUT2D eigenvalue weighted by Crippen LogP contribution is 2.32. The molecule has 4 nitrogen and oxygen atoms in total. The summed E-state index contributed by atoms with van der Waals surface area (Å²) in [6.45, 7) is 0.329. The van der Waals surface area contributed by atoms with Gasteiger partial charge < -0.3 is 14.2 Å². The molecule has 2 rings (SSSR count). The van der Waals surface area contributed by atoms with Gasteiger partial charge in [0.25, 0.3) is 0 Å². The maximum absolute atomic E-state index is 11.1. The first-order chi connectivity index (χ1) is 10.2. The van der Waals surface area contributed by atoms with E-state index < -0.39 is 0 Å². The van der Waals surface area contributed by atoms with Gasteiger partial charge in [-0.25, -0.2) is 0 Å². The first-order valence-electron chi connectivity index (χ1n) is 6.26. The third-order valence-corrected chi connectivity index (χ3v) is 3.26. The number of benzene rings is 2. The van der Waals surface area contributed by atoms with E-state index in [4.69, 9.17) is 25.8 Å². The van der Waals surface area contributed by atoms with Crippen molar-refractivity contribution in [2.45, 2.75) is 6.61 Å². The van der Waals surface area contributed by atoms with Crippen LogP contribution in [0.4, 0.5) is 0 Å². The van der Waals surface area contributed by atoms with Gasteiger partial charge in [0, 0.05) is 6.07 Å². The zero-order chi connectivity index (χ0) is 15.2. The molecule has 0 saturated heterocycles. The van der Waals surface area contributed by atoms with Crippen LogP contribution >= 0.6 is 11.6 Å². The van der Waals surface area contributed by atoms with E-state index in [0.717, 1.165) is 11.3 Å². The Kier molecular flexibility index (Phi) is 5.06. The number of aldehydes is 1. The van der Waals surface area contributed by atoms with E-state index in [-0.39, 0.29) is 0 Å². The Balaban J connectivity index is 2.16. The molecule has 0 aliphatic rings. The largest absolute Gasteiger partial charge is 0.497 e. The number of hydrogen-bond acceptors (Lipinski definition) is 4. The normalized spacial score (nSPS) is 10.0. The Morgan fingerprint density at radius 2 is 1.76 bits per heavy atom. The van der Waals surface area contributed by atoms with Crippen molar-refractivity contribution in [1.82, 2.24) is 0 Å². The molecule has 5 heteroatoms. The maximum Gasteiger partial charge on any atom is 0.153 e. The Hall–Kier alpha value is -2.20. The third-order valence-electron chi connectivity index (χ3n) is 2.96. The van der Waals surface area contributed by atoms with E-state index in [9.17, 15) is 4.79 Å². The smallest absolute Gasteiger partial charge is 0.153 e. The van der Waals surface area contributed by atoms with Gasteiger partial charge in [-0.1, -0.05) is 23.7 Å². The Bertz CT molecular complexity index is 623. The van der Waals surface area contributed by atoms with Crippen LogP contribution in [0.1, 0.15) is 15.9 Å². The lowest BCUT2D eigenvalue weighted by molar-refractivity contribution is 0.111. The van der Waals surface area contributed by atoms with Crippen LogP contribution in [0.2, 0.25) is 5.02 Å². The molecule has 0 atom stereocenters. The van der Waals surface area contributed by atoms with E-state index in [2.05, 4.69) is 0 Å². The molecule has 0 fully saturated rings. The van der Waals surface area contributed by atoms with Crippen molar-refractivity contribution >= 4 is 17.9 Å². The summed E-state index contributed by atoms with van der Waals surface area (Å²) in [6.07, 6.45) is 0.703. The van der Waals surface area contributed by atoms with Crippen molar-refractivity contribution in [2.75, 3.05) is 14.2 Å². The maximum atomic E-state index is 11.1. The van der Waals surface area contributed by atoms with E-state index in [1.165, 1.54) is 13.2 Å². The second-order valence-electron chi connectivity index (χ2n) is 4.28. The van der Waals surface area contributed by atoms with E-state index in [0.29, 0.717) is 35.0 Å². The summed E-state index contributed by atoms with van der Waals surface area (Å²) in [5, 5.41) is 0.372. The van der Waals surface area contributed by atoms with Crippen molar-refractivity contribution in [1.29, 1.82) is 0 Å². The summed E-state index contributed by atoms with van der Waals surface area (Å²) in [5.41, 5.74) is 1.34. The van der Waals surface area contributed by atoms with Crippen molar-refractivity contribution in [3.8, 4) is 17.2 Å². The van der Waals surface area contributed by atoms with Crippen LogP contribution in [0.3, 0.4) is 0 Å². The van der Waals surface area contributed by atoms with Crippen LogP contribution in [-0.2, 0) is 6.61 Å². The van der Waals surface area contributed by atoms with Gasteiger partial charge in [-0.15, -0.1) is 0 Å². The number of methoxy groups -OCH3 is 2. The van der Waals surface area contributed by atoms with Gasteiger partial charge in [0.15, 0.2) is 6.29 Å². The van der Waals surface area contributed by atoms with Crippen LogP contribution in [0.15, 0.2) is 36.4 Å². The summed E-state index contributed by atoms with van der Waals surface area (Å²) >= 11 is 5.98. The van der Waals surface area contributed by atoms with Crippen molar-refractivity contribution in [3.63, 3.8) is 0 Å². The van der Waals surface area contributed by atoms with Crippen molar-refractivity contribution in [2.24, 2.45) is 0 Å². The Labute approximate surface area is 128 Å². The molecule has 0 radical (unpaired) electrons. The monoisotopic (exact) mass is 306 g/mol. The average molecular weight is 307 g/mol. The minimum atomic E-state index is 0.329. The number of hydrogen-bond donors (Lipinski definition) is 0. The summed E-state index contributed by atoms with van der Waals surface area (Å²) in [4.78, 5) is 11.1. The molecule has 0 aliphatic heterocycles. The quantitative estimate of drug-likeness (QED) is 0.762. The summed E-state index contributed by atoms with van der Waals surface area (Å²) in [5.74, 6) is 1.68. The summed E-state index contributed by atoms with van der Waals surface area (Å²) < 4.78 is 15.9. The standard InChI is InChI=1S/C16H15ClO4/c1-19-13-5-3-11(4-6-13)10-21-15-8-16(20-2)14(17)7-12(15)9-18/h3-9H,10H2,1-2H3. The number of halogens is 1. The minimum Gasteiger partial charge on any atom is -0.497 e. The zero-order valence-electron chi connectivity index (χ0n) is 11.8. The van der Waals surface area contributed by atoms with Crippen LogP contribution in [-0.4, -0.2) is 20.5 Å². The lowest BCUT2D eigenvalue weighted by atomic mass is 10.2. The molecule has 0 spiro atoms. The zero-order valence-corrected chi connectivity index (χ0v) is 12.5. The molecule has 110 valence electrons. The highest BCUT2D eigenvalue weighted by atomic mass is 35.5. The first kappa shape index (κ1) is 15.2. The molecule has 2 aromatic carbocycles. The first-order valence-corrected chi connectivity index (χ1v) is 6.64. The molecule has 0 aromatic heterocycles. The van der Waals surface area contributed by atoms with E-state index in [1.807, 2.05) is 24.3 Å². The fraction of sp³-hybridized carbons (Fsp3) is 0.188. The molecule has 0 amide bonds. The highest BCUT2D eigenvalue weighted by molar-refractivity contribution is 6.32. The SMILES string of the molecule is COc1ccc(COc2cc(OC)c(Cl)cc2C=O)cc1. The number of rotatable bonds is 6. The molecular formula is C16H15ClO4. The van der Waals surface area contributed by atoms with Gasteiger partial charge in [0.2, 0.25) is 0 Å². The van der Waals surface area contributed by atoms with Crippen LogP contribution in [0.5, 0.6) is 17.2 Å². The molecule has 0 unspecified atom stereocenters. The van der Waals surface area contributed by atoms with Gasteiger partial charge in [-0.2, -0.15) is 0 Å². The van der Waals surface area contributed by atoms with E-state index >= 15 is 0 Å². The Morgan fingerprint density at radius 1 is 1.05 bits per heavy atom.